The second kappa shape index (κ2) is 5.67. The fourth-order valence-electron chi connectivity index (χ4n) is 3.33. The summed E-state index contributed by atoms with van der Waals surface area (Å²) in [6, 6.07) is 8.84. The van der Waals surface area contributed by atoms with Gasteiger partial charge < -0.3 is 15.5 Å². The first-order valence-electron chi connectivity index (χ1n) is 8.14. The van der Waals surface area contributed by atoms with Crippen molar-refractivity contribution in [3.63, 3.8) is 0 Å². The molecule has 0 saturated heterocycles. The van der Waals surface area contributed by atoms with Crippen LogP contribution in [0.4, 0.5) is 11.4 Å². The van der Waals surface area contributed by atoms with Gasteiger partial charge in [-0.05, 0) is 17.6 Å². The number of aliphatic imine (C=N–C) groups is 1. The van der Waals surface area contributed by atoms with Crippen LogP contribution in [-0.2, 0) is 6.42 Å². The van der Waals surface area contributed by atoms with E-state index in [1.54, 1.807) is 12.1 Å². The molecule has 0 unspecified atom stereocenters. The fourth-order valence-corrected chi connectivity index (χ4v) is 3.33. The number of phenols is 1. The van der Waals surface area contributed by atoms with E-state index < -0.39 is 0 Å². The van der Waals surface area contributed by atoms with Crippen LogP contribution < -0.4 is 25.6 Å². The number of phenolic OH excluding ortho intramolecular Hbond substituents is 1. The maximum absolute atomic E-state index is 11.1. The number of hydrogen-bond acceptors (Lipinski definition) is 4. The summed E-state index contributed by atoms with van der Waals surface area (Å²) in [7, 11) is 2.07. The van der Waals surface area contributed by atoms with E-state index >= 15 is 0 Å². The van der Waals surface area contributed by atoms with Crippen LogP contribution in [0.1, 0.15) is 12.0 Å². The molecule has 5 nitrogen and oxygen atoms in total. The van der Waals surface area contributed by atoms with Crippen molar-refractivity contribution >= 4 is 23.2 Å². The van der Waals surface area contributed by atoms with Crippen LogP contribution in [0.25, 0.3) is 5.57 Å². The monoisotopic (exact) mass is 321 g/mol. The average Bonchev–Trinajstić information content (AvgIpc) is 3.01. The highest BCUT2D eigenvalue weighted by molar-refractivity contribution is 6.08. The van der Waals surface area contributed by atoms with Crippen LogP contribution in [0, 0.1) is 0 Å². The van der Waals surface area contributed by atoms with Crippen molar-refractivity contribution < 1.29 is 10.2 Å². The van der Waals surface area contributed by atoms with E-state index in [9.17, 15) is 10.2 Å². The van der Waals surface area contributed by atoms with Crippen LogP contribution in [0.5, 0.6) is 11.5 Å². The molecule has 0 fully saturated rings. The first kappa shape index (κ1) is 14.8. The molecule has 0 aliphatic carbocycles. The number of rotatable bonds is 4. The Balaban J connectivity index is 1.61. The number of benzene rings is 2. The van der Waals surface area contributed by atoms with Crippen molar-refractivity contribution in [2.45, 2.75) is 12.8 Å². The van der Waals surface area contributed by atoms with Gasteiger partial charge in [0.1, 0.15) is 19.3 Å². The molecule has 0 amide bonds. The average molecular weight is 321 g/mol. The van der Waals surface area contributed by atoms with Gasteiger partial charge in [0.25, 0.3) is 0 Å². The van der Waals surface area contributed by atoms with Crippen LogP contribution >= 0.6 is 0 Å². The van der Waals surface area contributed by atoms with Gasteiger partial charge in [-0.3, -0.25) is 4.99 Å². The molecule has 4 rings (SSSR count). The second-order valence-corrected chi connectivity index (χ2v) is 6.29. The second-order valence-electron chi connectivity index (χ2n) is 6.29. The molecule has 0 radical (unpaired) electrons. The summed E-state index contributed by atoms with van der Waals surface area (Å²) in [6.07, 6.45) is 3.61. The maximum atomic E-state index is 11.1. The summed E-state index contributed by atoms with van der Waals surface area (Å²) in [5.74, 6) is 0.236. The number of aromatic hydroxyl groups is 1. The minimum Gasteiger partial charge on any atom is -0.872 e. The van der Waals surface area contributed by atoms with Crippen LogP contribution in [0.15, 0.2) is 35.3 Å². The fraction of sp³-hybridized carbons (Fsp3) is 0.263. The Labute approximate surface area is 139 Å². The number of nitrogens with one attached hydrogen (secondary N) is 1. The van der Waals surface area contributed by atoms with E-state index in [2.05, 4.69) is 21.9 Å². The van der Waals surface area contributed by atoms with Gasteiger partial charge in [-0.25, -0.2) is 4.58 Å². The summed E-state index contributed by atoms with van der Waals surface area (Å²) in [5, 5.41) is 27.2. The van der Waals surface area contributed by atoms with Crippen molar-refractivity contribution in [3.05, 3.63) is 46.5 Å². The van der Waals surface area contributed by atoms with Gasteiger partial charge in [-0.2, -0.15) is 0 Å². The third kappa shape index (κ3) is 2.42. The predicted octanol–water partition coefficient (Wildman–Crippen LogP) is 0.512. The van der Waals surface area contributed by atoms with Crippen molar-refractivity contribution in [3.8, 4) is 11.5 Å². The summed E-state index contributed by atoms with van der Waals surface area (Å²) in [5.41, 5.74) is 3.68. The quantitative estimate of drug-likeness (QED) is 0.637. The van der Waals surface area contributed by atoms with Crippen LogP contribution in [0.3, 0.4) is 0 Å². The zero-order chi connectivity index (χ0) is 16.7. The van der Waals surface area contributed by atoms with Crippen molar-refractivity contribution in [2.75, 3.05) is 25.5 Å². The lowest BCUT2D eigenvalue weighted by Crippen LogP contribution is -2.43. The number of hydrogen-bond donors (Lipinski definition) is 2. The Hall–Kier alpha value is -2.82. The Kier molecular flexibility index (Phi) is 3.49. The molecule has 2 heterocycles. The molecule has 2 aromatic rings. The van der Waals surface area contributed by atoms with Gasteiger partial charge in [-0.15, -0.1) is 5.75 Å². The molecule has 24 heavy (non-hydrogen) atoms. The largest absolute Gasteiger partial charge is 0.872 e. The molecule has 0 spiro atoms. The van der Waals surface area contributed by atoms with Gasteiger partial charge in [0.15, 0.2) is 5.75 Å². The van der Waals surface area contributed by atoms with Crippen molar-refractivity contribution in [1.82, 2.24) is 4.58 Å². The van der Waals surface area contributed by atoms with E-state index in [1.807, 2.05) is 24.4 Å². The van der Waals surface area contributed by atoms with Gasteiger partial charge in [0.05, 0.1) is 10.9 Å². The molecule has 2 N–H and O–H groups in total. The molecule has 0 saturated carbocycles. The van der Waals surface area contributed by atoms with E-state index in [0.717, 1.165) is 35.5 Å². The van der Waals surface area contributed by atoms with E-state index in [1.165, 1.54) is 5.57 Å². The lowest BCUT2D eigenvalue weighted by Gasteiger charge is -2.12. The minimum atomic E-state index is 0.0232. The summed E-state index contributed by atoms with van der Waals surface area (Å²) < 4.78 is 2.20. The first-order chi connectivity index (χ1) is 11.6. The molecule has 2 aromatic carbocycles. The highest BCUT2D eigenvalue weighted by Gasteiger charge is 2.23. The number of nitrogens with zero attached hydrogens (tertiary/aromatic N) is 2. The Morgan fingerprint density at radius 1 is 1.29 bits per heavy atom. The zero-order valence-corrected chi connectivity index (χ0v) is 13.5. The Morgan fingerprint density at radius 3 is 2.88 bits per heavy atom. The van der Waals surface area contributed by atoms with Gasteiger partial charge in [0.2, 0.25) is 5.36 Å². The van der Waals surface area contributed by atoms with Crippen LogP contribution in [-0.4, -0.2) is 31.5 Å². The third-order valence-corrected chi connectivity index (χ3v) is 4.70. The molecule has 2 aliphatic heterocycles. The van der Waals surface area contributed by atoms with Crippen molar-refractivity contribution in [1.29, 1.82) is 0 Å². The predicted molar refractivity (Wildman–Crippen MR) is 93.6 cm³/mol. The standard InChI is InChI=1S/C19H19N3O2/c1-22-9-7-13-11-21-18-17(13)16(22)10-15(19(18)24)20-8-6-12-2-4-14(23)5-3-12/h2-5,10-11H,6-9H2,1H3,(H2,20,21,23,24). The van der Waals surface area contributed by atoms with Gasteiger partial charge >= 0.3 is 0 Å². The molecule has 0 aromatic heterocycles. The molecule has 2 aliphatic rings. The molecule has 0 atom stereocenters. The Bertz CT molecular complexity index is 960. The summed E-state index contributed by atoms with van der Waals surface area (Å²) >= 11 is 0. The molecular formula is C19H19N3O2. The lowest BCUT2D eigenvalue weighted by atomic mass is 10.1. The van der Waals surface area contributed by atoms with Gasteiger partial charge in [0, 0.05) is 25.2 Å². The smallest absolute Gasteiger partial charge is 0.211 e. The Morgan fingerprint density at radius 2 is 2.08 bits per heavy atom. The highest BCUT2D eigenvalue weighted by atomic mass is 16.3. The van der Waals surface area contributed by atoms with E-state index in [4.69, 9.17) is 0 Å². The van der Waals surface area contributed by atoms with E-state index in [-0.39, 0.29) is 11.5 Å². The summed E-state index contributed by atoms with van der Waals surface area (Å²) in [4.78, 5) is 4.41. The minimum absolute atomic E-state index is 0.0232. The van der Waals surface area contributed by atoms with Crippen LogP contribution in [0.2, 0.25) is 0 Å². The van der Waals surface area contributed by atoms with Gasteiger partial charge in [-0.1, -0.05) is 24.3 Å². The summed E-state index contributed by atoms with van der Waals surface area (Å²) in [6.45, 7) is 1.63. The normalized spacial score (nSPS) is 14.9. The third-order valence-electron chi connectivity index (χ3n) is 4.70. The van der Waals surface area contributed by atoms with Crippen molar-refractivity contribution in [2.24, 2.45) is 4.99 Å². The zero-order valence-electron chi connectivity index (χ0n) is 13.5. The molecule has 5 heteroatoms. The number of anilines is 1. The maximum Gasteiger partial charge on any atom is 0.211 e. The molecule has 122 valence electrons. The highest BCUT2D eigenvalue weighted by Crippen LogP contribution is 2.32. The lowest BCUT2D eigenvalue weighted by molar-refractivity contribution is -0.268. The topological polar surface area (TPSA) is 70.7 Å². The molecule has 0 bridgehead atoms. The first-order valence-corrected chi connectivity index (χ1v) is 8.14. The SMILES string of the molecule is C[N+]1=c2cc(NCCc3ccc([O-])cc3)c(O)c3c2=C(C=N3)CC1. The molecular weight excluding hydrogens is 302 g/mol. The van der Waals surface area contributed by atoms with E-state index in [0.29, 0.717) is 17.9 Å².